The highest BCUT2D eigenvalue weighted by Crippen LogP contribution is 2.36. The number of halogens is 5. The van der Waals surface area contributed by atoms with Crippen LogP contribution in [0.3, 0.4) is 0 Å². The number of amides is 1. The van der Waals surface area contributed by atoms with E-state index in [1.54, 1.807) is 6.92 Å². The molecule has 1 amide bonds. The van der Waals surface area contributed by atoms with E-state index in [-0.39, 0.29) is 6.04 Å². The number of rotatable bonds is 6. The second kappa shape index (κ2) is 7.11. The highest BCUT2D eigenvalue weighted by Gasteiger charge is 2.31. The Kier molecular flexibility index (Phi) is 6.00. The molecule has 9 heteroatoms. The molecule has 0 saturated carbocycles. The normalized spacial score (nSPS) is 14.6. The molecule has 0 aliphatic rings. The van der Waals surface area contributed by atoms with Gasteiger partial charge < -0.3 is 5.32 Å². The number of carbonyl (C=O) groups is 1. The zero-order valence-corrected chi connectivity index (χ0v) is 12.5. The molecule has 2 unspecified atom stereocenters. The molecular formula is C12H16ClF4N3O. The first-order valence-electron chi connectivity index (χ1n) is 6.35. The van der Waals surface area contributed by atoms with Crippen molar-refractivity contribution in [3.8, 4) is 0 Å². The molecule has 1 heterocycles. The van der Waals surface area contributed by atoms with E-state index in [0.717, 1.165) is 0 Å². The van der Waals surface area contributed by atoms with Gasteiger partial charge in [-0.2, -0.15) is 5.10 Å². The lowest BCUT2D eigenvalue weighted by atomic mass is 10.2. The lowest BCUT2D eigenvalue weighted by Gasteiger charge is -2.18. The van der Waals surface area contributed by atoms with Crippen LogP contribution in [0, 0.1) is 0 Å². The minimum absolute atomic E-state index is 0.171. The van der Waals surface area contributed by atoms with Crippen molar-refractivity contribution in [2.75, 3.05) is 0 Å². The summed E-state index contributed by atoms with van der Waals surface area (Å²) < 4.78 is 52.0. The van der Waals surface area contributed by atoms with Gasteiger partial charge in [-0.1, -0.05) is 18.5 Å². The molecule has 4 nitrogen and oxygen atoms in total. The minimum atomic E-state index is -3.11. The third kappa shape index (κ3) is 3.87. The van der Waals surface area contributed by atoms with E-state index in [1.807, 2.05) is 6.92 Å². The van der Waals surface area contributed by atoms with Crippen LogP contribution in [0.15, 0.2) is 0 Å². The van der Waals surface area contributed by atoms with Gasteiger partial charge in [0, 0.05) is 6.04 Å². The van der Waals surface area contributed by atoms with Gasteiger partial charge in [0.1, 0.15) is 17.4 Å². The average Bonchev–Trinajstić information content (AvgIpc) is 2.75. The third-order valence-corrected chi connectivity index (χ3v) is 3.46. The highest BCUT2D eigenvalue weighted by atomic mass is 35.5. The molecule has 2 atom stereocenters. The van der Waals surface area contributed by atoms with Gasteiger partial charge >= 0.3 is 0 Å². The Hall–Kier alpha value is -1.31. The van der Waals surface area contributed by atoms with Crippen molar-refractivity contribution in [2.45, 2.75) is 52.1 Å². The van der Waals surface area contributed by atoms with Crippen LogP contribution in [-0.4, -0.2) is 21.7 Å². The molecule has 120 valence electrons. The fraction of sp³-hybridized carbons (Fsp3) is 0.667. The van der Waals surface area contributed by atoms with E-state index in [4.69, 9.17) is 11.6 Å². The number of carbonyl (C=O) groups excluding carboxylic acids is 1. The Morgan fingerprint density at radius 2 is 1.86 bits per heavy atom. The van der Waals surface area contributed by atoms with Gasteiger partial charge in [0.2, 0.25) is 5.91 Å². The maximum Gasteiger partial charge on any atom is 0.283 e. The molecule has 1 N–H and O–H groups in total. The SMILES string of the molecule is CCC(C)NC(=O)C(C)n1nc(C(F)F)c(Cl)c1C(F)F. The summed E-state index contributed by atoms with van der Waals surface area (Å²) in [5, 5.41) is 5.15. The largest absolute Gasteiger partial charge is 0.352 e. The number of nitrogens with one attached hydrogen (secondary N) is 1. The van der Waals surface area contributed by atoms with Gasteiger partial charge in [-0.25, -0.2) is 22.2 Å². The second-order valence-electron chi connectivity index (χ2n) is 4.62. The quantitative estimate of drug-likeness (QED) is 0.805. The molecule has 1 rings (SSSR count). The maximum atomic E-state index is 13.0. The molecule has 0 bridgehead atoms. The van der Waals surface area contributed by atoms with Crippen LogP contribution in [0.5, 0.6) is 0 Å². The highest BCUT2D eigenvalue weighted by molar-refractivity contribution is 6.32. The number of hydrogen-bond donors (Lipinski definition) is 1. The van der Waals surface area contributed by atoms with Crippen LogP contribution in [0.1, 0.15) is 57.5 Å². The topological polar surface area (TPSA) is 46.9 Å². The predicted octanol–water partition coefficient (Wildman–Crippen LogP) is 3.89. The van der Waals surface area contributed by atoms with E-state index in [9.17, 15) is 22.4 Å². The van der Waals surface area contributed by atoms with Crippen molar-refractivity contribution in [1.82, 2.24) is 15.1 Å². The van der Waals surface area contributed by atoms with Gasteiger partial charge in [0.15, 0.2) is 0 Å². The van der Waals surface area contributed by atoms with Crippen molar-refractivity contribution in [2.24, 2.45) is 0 Å². The van der Waals surface area contributed by atoms with E-state index in [2.05, 4.69) is 10.4 Å². The molecule has 0 radical (unpaired) electrons. The fourth-order valence-corrected chi connectivity index (χ4v) is 1.94. The van der Waals surface area contributed by atoms with Crippen LogP contribution >= 0.6 is 11.6 Å². The number of aromatic nitrogens is 2. The molecule has 0 spiro atoms. The molecule has 0 aromatic carbocycles. The van der Waals surface area contributed by atoms with Crippen molar-refractivity contribution in [3.05, 3.63) is 16.4 Å². The zero-order valence-electron chi connectivity index (χ0n) is 11.7. The lowest BCUT2D eigenvalue weighted by molar-refractivity contribution is -0.124. The van der Waals surface area contributed by atoms with Crippen LogP contribution < -0.4 is 5.32 Å². The molecule has 1 aromatic rings. The predicted molar refractivity (Wildman–Crippen MR) is 69.8 cm³/mol. The summed E-state index contributed by atoms with van der Waals surface area (Å²) in [5.74, 6) is -0.591. The molecule has 0 saturated heterocycles. The molecular weight excluding hydrogens is 314 g/mol. The second-order valence-corrected chi connectivity index (χ2v) is 5.00. The first-order chi connectivity index (χ1) is 9.70. The molecule has 21 heavy (non-hydrogen) atoms. The Morgan fingerprint density at radius 3 is 2.29 bits per heavy atom. The Morgan fingerprint density at radius 1 is 1.29 bits per heavy atom. The standard InChI is InChI=1S/C12H16ClF4N3O/c1-4-5(2)18-12(21)6(3)20-9(11(16)17)7(13)8(19-20)10(14)15/h5-6,10-11H,4H2,1-3H3,(H,18,21). The summed E-state index contributed by atoms with van der Waals surface area (Å²) in [4.78, 5) is 11.9. The Balaban J connectivity index is 3.16. The van der Waals surface area contributed by atoms with Gasteiger partial charge in [-0.3, -0.25) is 4.79 Å². The summed E-state index contributed by atoms with van der Waals surface area (Å²) in [6.45, 7) is 4.86. The van der Waals surface area contributed by atoms with Crippen molar-refractivity contribution < 1.29 is 22.4 Å². The smallest absolute Gasteiger partial charge is 0.283 e. The van der Waals surface area contributed by atoms with Gasteiger partial charge in [0.25, 0.3) is 12.9 Å². The van der Waals surface area contributed by atoms with Crippen molar-refractivity contribution in [3.63, 3.8) is 0 Å². The summed E-state index contributed by atoms with van der Waals surface area (Å²) >= 11 is 5.53. The summed E-state index contributed by atoms with van der Waals surface area (Å²) in [6, 6.07) is -1.34. The molecule has 0 fully saturated rings. The van der Waals surface area contributed by atoms with Gasteiger partial charge in [-0.05, 0) is 20.3 Å². The Labute approximate surface area is 124 Å². The Bertz CT molecular complexity index is 507. The molecule has 0 aliphatic heterocycles. The zero-order chi connectivity index (χ0) is 16.3. The van der Waals surface area contributed by atoms with E-state index < -0.39 is 41.2 Å². The third-order valence-electron chi connectivity index (χ3n) is 3.07. The molecule has 1 aromatic heterocycles. The first kappa shape index (κ1) is 17.7. The van der Waals surface area contributed by atoms with Crippen LogP contribution in [0.2, 0.25) is 5.02 Å². The number of hydrogen-bond acceptors (Lipinski definition) is 2. The lowest BCUT2D eigenvalue weighted by Crippen LogP contribution is -2.37. The van der Waals surface area contributed by atoms with Crippen molar-refractivity contribution in [1.29, 1.82) is 0 Å². The summed E-state index contributed by atoms with van der Waals surface area (Å²) in [6.07, 6.45) is -5.57. The van der Waals surface area contributed by atoms with E-state index in [0.29, 0.717) is 11.1 Å². The van der Waals surface area contributed by atoms with Crippen LogP contribution in [0.25, 0.3) is 0 Å². The first-order valence-corrected chi connectivity index (χ1v) is 6.72. The monoisotopic (exact) mass is 329 g/mol. The number of alkyl halides is 4. The minimum Gasteiger partial charge on any atom is -0.352 e. The fourth-order valence-electron chi connectivity index (χ4n) is 1.65. The van der Waals surface area contributed by atoms with Crippen molar-refractivity contribution >= 4 is 17.5 Å². The van der Waals surface area contributed by atoms with Crippen LogP contribution in [0.4, 0.5) is 17.6 Å². The van der Waals surface area contributed by atoms with Gasteiger partial charge in [0.05, 0.1) is 5.02 Å². The number of nitrogens with zero attached hydrogens (tertiary/aromatic N) is 2. The summed E-state index contributed by atoms with van der Waals surface area (Å²) in [5.41, 5.74) is -1.83. The van der Waals surface area contributed by atoms with E-state index >= 15 is 0 Å². The maximum absolute atomic E-state index is 13.0. The molecule has 0 aliphatic carbocycles. The van der Waals surface area contributed by atoms with Crippen LogP contribution in [-0.2, 0) is 4.79 Å². The van der Waals surface area contributed by atoms with Gasteiger partial charge in [-0.15, -0.1) is 0 Å². The average molecular weight is 330 g/mol. The van der Waals surface area contributed by atoms with E-state index in [1.165, 1.54) is 6.92 Å². The summed E-state index contributed by atoms with van der Waals surface area (Å²) in [7, 11) is 0.